The second-order valence-electron chi connectivity index (χ2n) is 8.83. The van der Waals surface area contributed by atoms with E-state index in [0.29, 0.717) is 43.3 Å². The molecule has 166 valence electrons. The summed E-state index contributed by atoms with van der Waals surface area (Å²) in [4.78, 5) is 30.9. The molecular formula is C25H33N3O3. The van der Waals surface area contributed by atoms with Gasteiger partial charge >= 0.3 is 0 Å². The molecule has 1 amide bonds. The number of amides is 1. The quantitative estimate of drug-likeness (QED) is 0.742. The summed E-state index contributed by atoms with van der Waals surface area (Å²) in [5.41, 5.74) is 3.80. The molecule has 31 heavy (non-hydrogen) atoms. The van der Waals surface area contributed by atoms with Crippen molar-refractivity contribution in [3.63, 3.8) is 0 Å². The number of hydrogen-bond donors (Lipinski definition) is 0. The van der Waals surface area contributed by atoms with Crippen molar-refractivity contribution in [2.45, 2.75) is 46.2 Å². The van der Waals surface area contributed by atoms with Crippen LogP contribution in [0.15, 0.2) is 35.1 Å². The van der Waals surface area contributed by atoms with E-state index in [9.17, 15) is 9.59 Å². The fraction of sp³-hybridized carbons (Fsp3) is 0.520. The fourth-order valence-corrected chi connectivity index (χ4v) is 4.76. The van der Waals surface area contributed by atoms with Crippen LogP contribution in [-0.4, -0.2) is 53.6 Å². The molecule has 2 aromatic rings. The largest absolute Gasteiger partial charge is 0.496 e. The minimum atomic E-state index is -0.0854. The lowest BCUT2D eigenvalue weighted by atomic mass is 9.98. The second kappa shape index (κ2) is 9.27. The van der Waals surface area contributed by atoms with Crippen LogP contribution in [0.3, 0.4) is 0 Å². The number of rotatable bonds is 5. The van der Waals surface area contributed by atoms with Crippen LogP contribution < -0.4 is 10.3 Å². The van der Waals surface area contributed by atoms with Crippen molar-refractivity contribution in [3.8, 4) is 5.75 Å². The van der Waals surface area contributed by atoms with E-state index in [0.717, 1.165) is 38.2 Å². The van der Waals surface area contributed by atoms with Gasteiger partial charge in [0.15, 0.2) is 0 Å². The zero-order chi connectivity index (χ0) is 22.0. The molecule has 1 aromatic heterocycles. The first-order valence-corrected chi connectivity index (χ1v) is 11.4. The molecule has 4 rings (SSSR count). The Labute approximate surface area is 184 Å². The highest BCUT2D eigenvalue weighted by Gasteiger charge is 2.30. The molecule has 0 radical (unpaired) electrons. The molecule has 0 bridgehead atoms. The first-order chi connectivity index (χ1) is 15.0. The van der Waals surface area contributed by atoms with Gasteiger partial charge in [0.2, 0.25) is 0 Å². The predicted molar refractivity (Wildman–Crippen MR) is 122 cm³/mol. The molecule has 2 aliphatic heterocycles. The molecule has 0 unspecified atom stereocenters. The third-order valence-corrected chi connectivity index (χ3v) is 6.80. The third kappa shape index (κ3) is 4.40. The molecule has 2 aliphatic rings. The minimum absolute atomic E-state index is 0.0366. The number of carbonyl (C=O) groups excluding carboxylic acids is 1. The van der Waals surface area contributed by atoms with Crippen molar-refractivity contribution in [2.24, 2.45) is 5.92 Å². The molecule has 1 atom stereocenters. The summed E-state index contributed by atoms with van der Waals surface area (Å²) in [5.74, 6) is 0.975. The molecule has 3 heterocycles. The van der Waals surface area contributed by atoms with Gasteiger partial charge in [-0.05, 0) is 23.5 Å². The Bertz CT molecular complexity index is 1010. The summed E-state index contributed by atoms with van der Waals surface area (Å²) in [6.07, 6.45) is 2.66. The summed E-state index contributed by atoms with van der Waals surface area (Å²) in [6, 6.07) is 9.78. The van der Waals surface area contributed by atoms with E-state index >= 15 is 0 Å². The summed E-state index contributed by atoms with van der Waals surface area (Å²) < 4.78 is 7.34. The molecule has 0 aliphatic carbocycles. The Morgan fingerprint density at radius 2 is 1.87 bits per heavy atom. The van der Waals surface area contributed by atoms with Gasteiger partial charge < -0.3 is 19.1 Å². The van der Waals surface area contributed by atoms with Gasteiger partial charge in [-0.15, -0.1) is 0 Å². The minimum Gasteiger partial charge on any atom is -0.496 e. The zero-order valence-electron chi connectivity index (χ0n) is 18.9. The van der Waals surface area contributed by atoms with Crippen LogP contribution in [0.2, 0.25) is 0 Å². The van der Waals surface area contributed by atoms with Crippen LogP contribution in [0.5, 0.6) is 5.75 Å². The van der Waals surface area contributed by atoms with E-state index in [2.05, 4.69) is 30.9 Å². The van der Waals surface area contributed by atoms with Crippen molar-refractivity contribution in [1.29, 1.82) is 0 Å². The third-order valence-electron chi connectivity index (χ3n) is 6.80. The molecule has 6 nitrogen and oxygen atoms in total. The van der Waals surface area contributed by atoms with Crippen LogP contribution in [0.1, 0.15) is 47.4 Å². The SMILES string of the molecule is CC[C@@H](C)CN1CCc2c(C(=O)N3CCc4ccccc4C3)c(OC)cc(=O)n2CC1. The Morgan fingerprint density at radius 3 is 2.61 bits per heavy atom. The number of pyridine rings is 1. The highest BCUT2D eigenvalue weighted by Crippen LogP contribution is 2.27. The first-order valence-electron chi connectivity index (χ1n) is 11.4. The van der Waals surface area contributed by atoms with Crippen molar-refractivity contribution >= 4 is 5.91 Å². The van der Waals surface area contributed by atoms with Crippen LogP contribution in [0.4, 0.5) is 0 Å². The lowest BCUT2D eigenvalue weighted by Crippen LogP contribution is -2.38. The number of ether oxygens (including phenoxy) is 1. The normalized spacial score (nSPS) is 17.5. The van der Waals surface area contributed by atoms with Gasteiger partial charge in [-0.2, -0.15) is 0 Å². The van der Waals surface area contributed by atoms with Gasteiger partial charge in [0.05, 0.1) is 7.11 Å². The second-order valence-corrected chi connectivity index (χ2v) is 8.83. The molecule has 0 N–H and O–H groups in total. The summed E-state index contributed by atoms with van der Waals surface area (Å²) >= 11 is 0. The lowest BCUT2D eigenvalue weighted by Gasteiger charge is -2.30. The fourth-order valence-electron chi connectivity index (χ4n) is 4.76. The zero-order valence-corrected chi connectivity index (χ0v) is 18.9. The first kappa shape index (κ1) is 21.6. The Kier molecular flexibility index (Phi) is 6.46. The maximum absolute atomic E-state index is 13.7. The van der Waals surface area contributed by atoms with Crippen molar-refractivity contribution < 1.29 is 9.53 Å². The maximum atomic E-state index is 13.7. The molecule has 0 saturated carbocycles. The topological polar surface area (TPSA) is 54.8 Å². The molecule has 0 spiro atoms. The number of aromatic nitrogens is 1. The standard InChI is InChI=1S/C25H33N3O3/c1-4-18(2)16-26-11-10-21-24(22(31-3)15-23(29)28(21)14-13-26)25(30)27-12-9-19-7-5-6-8-20(19)17-27/h5-8,15,18H,4,9-14,16-17H2,1-3H3/t18-/m1/s1. The van der Waals surface area contributed by atoms with Crippen LogP contribution >= 0.6 is 0 Å². The van der Waals surface area contributed by atoms with E-state index in [-0.39, 0.29) is 11.5 Å². The number of hydrogen-bond acceptors (Lipinski definition) is 4. The van der Waals surface area contributed by atoms with Gasteiger partial charge in [0.1, 0.15) is 11.3 Å². The predicted octanol–water partition coefficient (Wildman–Crippen LogP) is 2.96. The lowest BCUT2D eigenvalue weighted by molar-refractivity contribution is 0.0728. The number of benzene rings is 1. The Hall–Kier alpha value is -2.60. The number of nitrogens with zero attached hydrogens (tertiary/aromatic N) is 3. The van der Waals surface area contributed by atoms with Gasteiger partial charge in [0.25, 0.3) is 11.5 Å². The number of carbonyl (C=O) groups is 1. The van der Waals surface area contributed by atoms with E-state index in [1.165, 1.54) is 17.2 Å². The molecule has 0 fully saturated rings. The molecule has 0 saturated heterocycles. The number of methoxy groups -OCH3 is 1. The van der Waals surface area contributed by atoms with Gasteiger partial charge in [0, 0.05) is 57.4 Å². The highest BCUT2D eigenvalue weighted by molar-refractivity contribution is 5.98. The Balaban J connectivity index is 1.66. The van der Waals surface area contributed by atoms with E-state index in [1.807, 2.05) is 17.0 Å². The van der Waals surface area contributed by atoms with Crippen molar-refractivity contribution in [3.05, 3.63) is 63.1 Å². The van der Waals surface area contributed by atoms with Crippen LogP contribution in [0, 0.1) is 5.92 Å². The highest BCUT2D eigenvalue weighted by atomic mass is 16.5. The summed E-state index contributed by atoms with van der Waals surface area (Å²) in [7, 11) is 1.54. The average Bonchev–Trinajstić information content (AvgIpc) is 3.01. The summed E-state index contributed by atoms with van der Waals surface area (Å²) in [5, 5.41) is 0. The number of fused-ring (bicyclic) bond motifs is 2. The Morgan fingerprint density at radius 1 is 1.10 bits per heavy atom. The molecular weight excluding hydrogens is 390 g/mol. The smallest absolute Gasteiger partial charge is 0.259 e. The molecule has 1 aromatic carbocycles. The van der Waals surface area contributed by atoms with Gasteiger partial charge in [-0.3, -0.25) is 9.59 Å². The van der Waals surface area contributed by atoms with Gasteiger partial charge in [-0.1, -0.05) is 44.5 Å². The van der Waals surface area contributed by atoms with Gasteiger partial charge in [-0.25, -0.2) is 0 Å². The van der Waals surface area contributed by atoms with Crippen molar-refractivity contribution in [2.75, 3.05) is 33.3 Å². The monoisotopic (exact) mass is 423 g/mol. The van der Waals surface area contributed by atoms with E-state index in [1.54, 1.807) is 11.7 Å². The van der Waals surface area contributed by atoms with E-state index in [4.69, 9.17) is 4.74 Å². The summed E-state index contributed by atoms with van der Waals surface area (Å²) in [6.45, 7) is 9.04. The maximum Gasteiger partial charge on any atom is 0.259 e. The van der Waals surface area contributed by atoms with Crippen LogP contribution in [-0.2, 0) is 25.9 Å². The van der Waals surface area contributed by atoms with E-state index < -0.39 is 0 Å². The molecule has 6 heteroatoms. The van der Waals surface area contributed by atoms with Crippen molar-refractivity contribution in [1.82, 2.24) is 14.4 Å². The van der Waals surface area contributed by atoms with Crippen LogP contribution in [0.25, 0.3) is 0 Å². The average molecular weight is 424 g/mol.